The zero-order valence-electron chi connectivity index (χ0n) is 9.43. The molecular formula is C12H11FN4S. The molecule has 2 aromatic rings. The number of hydrogen-bond donors (Lipinski definition) is 2. The molecule has 0 atom stereocenters. The van der Waals surface area contributed by atoms with Gasteiger partial charge in [-0.15, -0.1) is 0 Å². The number of halogens is 1. The molecule has 0 amide bonds. The Hall–Kier alpha value is -2.08. The van der Waals surface area contributed by atoms with Gasteiger partial charge in [-0.2, -0.15) is 0 Å². The van der Waals surface area contributed by atoms with Crippen molar-refractivity contribution in [2.45, 2.75) is 6.54 Å². The third kappa shape index (κ3) is 3.21. The monoisotopic (exact) mass is 262 g/mol. The topological polar surface area (TPSA) is 63.8 Å². The largest absolute Gasteiger partial charge is 0.388 e. The number of nitrogens with one attached hydrogen (secondary N) is 1. The zero-order valence-corrected chi connectivity index (χ0v) is 10.2. The van der Waals surface area contributed by atoms with E-state index in [1.165, 1.54) is 12.1 Å². The number of hydrogen-bond acceptors (Lipinski definition) is 4. The first kappa shape index (κ1) is 12.4. The van der Waals surface area contributed by atoms with Gasteiger partial charge in [-0.05, 0) is 23.8 Å². The maximum Gasteiger partial charge on any atom is 0.223 e. The van der Waals surface area contributed by atoms with E-state index in [1.54, 1.807) is 18.3 Å². The van der Waals surface area contributed by atoms with Gasteiger partial charge in [0.25, 0.3) is 0 Å². The Bertz CT molecular complexity index is 574. The maximum atomic E-state index is 13.0. The fraction of sp³-hybridized carbons (Fsp3) is 0.0833. The first-order chi connectivity index (χ1) is 8.65. The molecule has 1 aromatic heterocycles. The third-order valence-corrected chi connectivity index (χ3v) is 2.46. The molecule has 0 bridgehead atoms. The van der Waals surface area contributed by atoms with Crippen LogP contribution in [0.25, 0.3) is 0 Å². The SMILES string of the molecule is NC(=S)c1ccnc(NCc2cccc(F)c2)n1. The summed E-state index contributed by atoms with van der Waals surface area (Å²) in [6.45, 7) is 0.429. The lowest BCUT2D eigenvalue weighted by Crippen LogP contribution is -2.13. The third-order valence-electron chi connectivity index (χ3n) is 2.25. The minimum atomic E-state index is -0.271. The van der Waals surface area contributed by atoms with Crippen LogP contribution in [0.15, 0.2) is 36.5 Å². The summed E-state index contributed by atoms with van der Waals surface area (Å²) in [6.07, 6.45) is 1.56. The molecule has 2 rings (SSSR count). The highest BCUT2D eigenvalue weighted by molar-refractivity contribution is 7.80. The van der Waals surface area contributed by atoms with Crippen molar-refractivity contribution in [1.29, 1.82) is 0 Å². The molecule has 6 heteroatoms. The van der Waals surface area contributed by atoms with Crippen LogP contribution in [-0.2, 0) is 6.54 Å². The lowest BCUT2D eigenvalue weighted by molar-refractivity contribution is 0.626. The second-order valence-electron chi connectivity index (χ2n) is 3.61. The highest BCUT2D eigenvalue weighted by atomic mass is 32.1. The van der Waals surface area contributed by atoms with Gasteiger partial charge < -0.3 is 11.1 Å². The van der Waals surface area contributed by atoms with Crippen molar-refractivity contribution in [3.63, 3.8) is 0 Å². The standard InChI is InChI=1S/C12H11FN4S/c13-9-3-1-2-8(6-9)7-16-12-15-5-4-10(17-12)11(14)18/h1-6H,7H2,(H2,14,18)(H,15,16,17). The first-order valence-corrected chi connectivity index (χ1v) is 5.67. The van der Waals surface area contributed by atoms with Gasteiger partial charge in [0.1, 0.15) is 16.5 Å². The Kier molecular flexibility index (Phi) is 3.78. The molecule has 0 fully saturated rings. The fourth-order valence-electron chi connectivity index (χ4n) is 1.41. The van der Waals surface area contributed by atoms with Gasteiger partial charge in [0.2, 0.25) is 5.95 Å². The second-order valence-corrected chi connectivity index (χ2v) is 4.05. The van der Waals surface area contributed by atoms with Crippen molar-refractivity contribution in [3.8, 4) is 0 Å². The Labute approximate surface area is 109 Å². The van der Waals surface area contributed by atoms with Gasteiger partial charge in [0.05, 0.1) is 0 Å². The quantitative estimate of drug-likeness (QED) is 0.823. The number of nitrogens with zero attached hydrogens (tertiary/aromatic N) is 2. The lowest BCUT2D eigenvalue weighted by Gasteiger charge is -2.06. The normalized spacial score (nSPS) is 10.1. The molecule has 1 aromatic carbocycles. The second kappa shape index (κ2) is 5.50. The predicted octanol–water partition coefficient (Wildman–Crippen LogP) is 1.86. The minimum Gasteiger partial charge on any atom is -0.388 e. The molecule has 1 heterocycles. The van der Waals surface area contributed by atoms with Crippen LogP contribution in [0.4, 0.5) is 10.3 Å². The Balaban J connectivity index is 2.06. The number of nitrogens with two attached hydrogens (primary N) is 1. The van der Waals surface area contributed by atoms with Gasteiger partial charge in [-0.1, -0.05) is 24.4 Å². The highest BCUT2D eigenvalue weighted by Gasteiger charge is 2.01. The molecule has 0 aliphatic heterocycles. The van der Waals surface area contributed by atoms with E-state index in [4.69, 9.17) is 18.0 Å². The minimum absolute atomic E-state index is 0.214. The van der Waals surface area contributed by atoms with Gasteiger partial charge in [-0.25, -0.2) is 14.4 Å². The van der Waals surface area contributed by atoms with Crippen LogP contribution in [0.1, 0.15) is 11.3 Å². The number of anilines is 1. The van der Waals surface area contributed by atoms with E-state index in [0.717, 1.165) is 5.56 Å². The van der Waals surface area contributed by atoms with E-state index in [9.17, 15) is 4.39 Å². The summed E-state index contributed by atoms with van der Waals surface area (Å²) in [6, 6.07) is 7.94. The average Bonchev–Trinajstić information content (AvgIpc) is 2.37. The molecule has 4 nitrogen and oxygen atoms in total. The van der Waals surface area contributed by atoms with Crippen LogP contribution >= 0.6 is 12.2 Å². The zero-order chi connectivity index (χ0) is 13.0. The van der Waals surface area contributed by atoms with E-state index in [0.29, 0.717) is 18.2 Å². The molecule has 0 saturated carbocycles. The summed E-state index contributed by atoms with van der Waals surface area (Å²) in [7, 11) is 0. The van der Waals surface area contributed by atoms with E-state index >= 15 is 0 Å². The molecule has 0 radical (unpaired) electrons. The first-order valence-electron chi connectivity index (χ1n) is 5.26. The van der Waals surface area contributed by atoms with E-state index in [2.05, 4.69) is 15.3 Å². The number of benzene rings is 1. The molecule has 0 saturated heterocycles. The van der Waals surface area contributed by atoms with Crippen LogP contribution in [0.5, 0.6) is 0 Å². The lowest BCUT2D eigenvalue weighted by atomic mass is 10.2. The summed E-state index contributed by atoms with van der Waals surface area (Å²) < 4.78 is 13.0. The summed E-state index contributed by atoms with van der Waals surface area (Å²) in [5.74, 6) is 0.136. The molecule has 18 heavy (non-hydrogen) atoms. The van der Waals surface area contributed by atoms with Crippen LogP contribution in [0, 0.1) is 5.82 Å². The summed E-state index contributed by atoms with van der Waals surface area (Å²) in [5, 5.41) is 2.98. The Morgan fingerprint density at radius 3 is 2.94 bits per heavy atom. The predicted molar refractivity (Wildman–Crippen MR) is 71.6 cm³/mol. The van der Waals surface area contributed by atoms with Crippen molar-refractivity contribution >= 4 is 23.2 Å². The van der Waals surface area contributed by atoms with Crippen LogP contribution in [0.3, 0.4) is 0 Å². The van der Waals surface area contributed by atoms with Crippen molar-refractivity contribution in [1.82, 2.24) is 9.97 Å². The summed E-state index contributed by atoms with van der Waals surface area (Å²) in [4.78, 5) is 8.37. The molecule has 0 spiro atoms. The number of thiocarbonyl (C=S) groups is 1. The number of aromatic nitrogens is 2. The van der Waals surface area contributed by atoms with Crippen LogP contribution < -0.4 is 11.1 Å². The Morgan fingerprint density at radius 2 is 2.22 bits per heavy atom. The summed E-state index contributed by atoms with van der Waals surface area (Å²) in [5.41, 5.74) is 6.78. The van der Waals surface area contributed by atoms with Crippen LogP contribution in [-0.4, -0.2) is 15.0 Å². The fourth-order valence-corrected chi connectivity index (χ4v) is 1.52. The summed E-state index contributed by atoms with van der Waals surface area (Å²) >= 11 is 4.83. The Morgan fingerprint density at radius 1 is 1.39 bits per heavy atom. The van der Waals surface area contributed by atoms with E-state index in [-0.39, 0.29) is 10.8 Å². The maximum absolute atomic E-state index is 13.0. The smallest absolute Gasteiger partial charge is 0.223 e. The van der Waals surface area contributed by atoms with Gasteiger partial charge in [0.15, 0.2) is 0 Å². The molecular weight excluding hydrogens is 251 g/mol. The van der Waals surface area contributed by atoms with E-state index < -0.39 is 0 Å². The highest BCUT2D eigenvalue weighted by Crippen LogP contribution is 2.06. The van der Waals surface area contributed by atoms with Crippen molar-refractivity contribution in [3.05, 3.63) is 53.6 Å². The average molecular weight is 262 g/mol. The van der Waals surface area contributed by atoms with Gasteiger partial charge in [0, 0.05) is 12.7 Å². The molecule has 0 aliphatic rings. The number of rotatable bonds is 4. The van der Waals surface area contributed by atoms with Gasteiger partial charge >= 0.3 is 0 Å². The molecule has 92 valence electrons. The van der Waals surface area contributed by atoms with Crippen molar-refractivity contribution in [2.24, 2.45) is 5.73 Å². The van der Waals surface area contributed by atoms with Crippen molar-refractivity contribution < 1.29 is 4.39 Å². The van der Waals surface area contributed by atoms with Crippen LogP contribution in [0.2, 0.25) is 0 Å². The van der Waals surface area contributed by atoms with Crippen molar-refractivity contribution in [2.75, 3.05) is 5.32 Å². The molecule has 0 unspecified atom stereocenters. The van der Waals surface area contributed by atoms with E-state index in [1.807, 2.05) is 6.07 Å². The molecule has 0 aliphatic carbocycles. The molecule has 3 N–H and O–H groups in total. The van der Waals surface area contributed by atoms with Gasteiger partial charge in [-0.3, -0.25) is 0 Å².